The Morgan fingerprint density at radius 1 is 1.13 bits per heavy atom. The van der Waals surface area contributed by atoms with Gasteiger partial charge >= 0.3 is 0 Å². The summed E-state index contributed by atoms with van der Waals surface area (Å²) >= 11 is 6.98. The summed E-state index contributed by atoms with van der Waals surface area (Å²) in [7, 11) is 1.84. The van der Waals surface area contributed by atoms with E-state index in [1.165, 1.54) is 6.42 Å². The fourth-order valence-corrected chi connectivity index (χ4v) is 7.31. The van der Waals surface area contributed by atoms with Gasteiger partial charge in [-0.25, -0.2) is 4.68 Å². The van der Waals surface area contributed by atoms with Gasteiger partial charge in [0.15, 0.2) is 11.9 Å². The Balaban J connectivity index is 1.46. The summed E-state index contributed by atoms with van der Waals surface area (Å²) < 4.78 is 11.6. The largest absolute Gasteiger partial charge is 0.356 e. The third-order valence-corrected chi connectivity index (χ3v) is 9.42. The summed E-state index contributed by atoms with van der Waals surface area (Å²) in [5, 5.41) is 11.5. The second-order valence-electron chi connectivity index (χ2n) is 11.0. The van der Waals surface area contributed by atoms with Crippen molar-refractivity contribution in [3.8, 4) is 11.3 Å². The molecule has 0 aliphatic carbocycles. The van der Waals surface area contributed by atoms with Crippen LogP contribution in [0.5, 0.6) is 0 Å². The fourth-order valence-electron chi connectivity index (χ4n) is 7.01. The molecule has 3 fully saturated rings. The molecule has 3 aromatic heterocycles. The lowest BCUT2D eigenvalue weighted by Crippen LogP contribution is -2.36. The maximum atomic E-state index is 14.1. The zero-order valence-electron chi connectivity index (χ0n) is 22.2. The van der Waals surface area contributed by atoms with E-state index in [0.717, 1.165) is 61.9 Å². The number of aromatic nitrogens is 6. The van der Waals surface area contributed by atoms with Crippen LogP contribution in [0.4, 0.5) is 5.95 Å². The average molecular weight is 536 g/mol. The minimum atomic E-state index is -0.253. The van der Waals surface area contributed by atoms with Crippen molar-refractivity contribution in [3.63, 3.8) is 0 Å². The molecule has 6 heterocycles. The lowest BCUT2D eigenvalue weighted by molar-refractivity contribution is -0.0368. The predicted molar refractivity (Wildman–Crippen MR) is 149 cm³/mol. The Hall–Kier alpha value is -2.91. The number of anilines is 1. The molecule has 3 saturated heterocycles. The molecule has 1 aromatic carbocycles. The number of ether oxygens (including phenoxy) is 1. The van der Waals surface area contributed by atoms with Gasteiger partial charge in [-0.2, -0.15) is 15.2 Å². The number of benzene rings is 1. The van der Waals surface area contributed by atoms with E-state index in [-0.39, 0.29) is 11.8 Å². The topological polar surface area (TPSA) is 83.0 Å². The normalized spacial score (nSPS) is 25.3. The summed E-state index contributed by atoms with van der Waals surface area (Å²) in [6.45, 7) is 5.74. The molecule has 0 saturated carbocycles. The van der Waals surface area contributed by atoms with Crippen LogP contribution in [-0.4, -0.2) is 47.8 Å². The Morgan fingerprint density at radius 3 is 2.74 bits per heavy atom. The maximum absolute atomic E-state index is 14.1. The molecular formula is C28H34ClN7O2. The highest BCUT2D eigenvalue weighted by molar-refractivity contribution is 6.38. The van der Waals surface area contributed by atoms with Gasteiger partial charge < -0.3 is 9.64 Å². The van der Waals surface area contributed by atoms with E-state index < -0.39 is 0 Å². The molecule has 1 unspecified atom stereocenters. The molecule has 0 amide bonds. The third-order valence-electron chi connectivity index (χ3n) is 9.01. The molecule has 0 N–H and O–H groups in total. The SMILES string of the molecule is CC[C@@H]1C[C@@H]2CC[C@H]1N2c1nc2c(c(-c3ccc4nn(CC)cc4c3Cl)nn2C2CCCCO2)c(=O)n1C. The minimum absolute atomic E-state index is 0.0955. The van der Waals surface area contributed by atoms with Crippen molar-refractivity contribution in [1.29, 1.82) is 0 Å². The van der Waals surface area contributed by atoms with E-state index in [2.05, 4.69) is 16.9 Å². The Morgan fingerprint density at radius 2 is 2.00 bits per heavy atom. The fraction of sp³-hybridized carbons (Fsp3) is 0.571. The van der Waals surface area contributed by atoms with Gasteiger partial charge in [-0.1, -0.05) is 24.9 Å². The molecular weight excluding hydrogens is 502 g/mol. The molecule has 0 spiro atoms. The molecule has 2 bridgehead atoms. The van der Waals surface area contributed by atoms with Gasteiger partial charge in [0.1, 0.15) is 11.1 Å². The smallest absolute Gasteiger partial charge is 0.266 e. The van der Waals surface area contributed by atoms with Crippen LogP contribution in [0.15, 0.2) is 23.1 Å². The zero-order chi connectivity index (χ0) is 26.1. The molecule has 4 aromatic rings. The van der Waals surface area contributed by atoms with E-state index in [4.69, 9.17) is 26.4 Å². The molecule has 4 atom stereocenters. The standard InChI is InChI=1S/C28H34ClN7O2/c1-4-16-14-17-9-12-21(16)35(17)28-30-26-23(27(37)33(28)3)25(32-36(26)22-8-6-7-13-38-22)18-10-11-20-19(24(18)29)15-34(5-2)31-20/h10-11,15-17,21-22H,4-9,12-14H2,1-3H3/t16-,17+,21-,22?/m1/s1. The van der Waals surface area contributed by atoms with Crippen LogP contribution < -0.4 is 10.5 Å². The van der Waals surface area contributed by atoms with Crippen molar-refractivity contribution in [2.24, 2.45) is 13.0 Å². The van der Waals surface area contributed by atoms with E-state index >= 15 is 0 Å². The van der Waals surface area contributed by atoms with Crippen LogP contribution in [0, 0.1) is 5.92 Å². The van der Waals surface area contributed by atoms with Crippen molar-refractivity contribution in [2.75, 3.05) is 11.5 Å². The number of hydrogen-bond acceptors (Lipinski definition) is 6. The Bertz CT molecular complexity index is 1600. The van der Waals surface area contributed by atoms with Gasteiger partial charge in [-0.05, 0) is 63.5 Å². The summed E-state index contributed by atoms with van der Waals surface area (Å²) in [5.41, 5.74) is 2.59. The second kappa shape index (κ2) is 9.09. The number of hydrogen-bond donors (Lipinski definition) is 0. The number of aryl methyl sites for hydroxylation is 1. The number of nitrogens with zero attached hydrogens (tertiary/aromatic N) is 7. The van der Waals surface area contributed by atoms with Crippen LogP contribution in [-0.2, 0) is 18.3 Å². The molecule has 38 heavy (non-hydrogen) atoms. The second-order valence-corrected chi connectivity index (χ2v) is 11.4. The summed E-state index contributed by atoms with van der Waals surface area (Å²) in [4.78, 5) is 21.8. The van der Waals surface area contributed by atoms with Gasteiger partial charge in [0.25, 0.3) is 5.56 Å². The lowest BCUT2D eigenvalue weighted by atomic mass is 9.87. The molecule has 10 heteroatoms. The first-order valence-electron chi connectivity index (χ1n) is 14.0. The highest BCUT2D eigenvalue weighted by Gasteiger charge is 2.47. The van der Waals surface area contributed by atoms with Crippen LogP contribution in [0.3, 0.4) is 0 Å². The Labute approximate surface area is 226 Å². The van der Waals surface area contributed by atoms with Crippen LogP contribution in [0.2, 0.25) is 5.02 Å². The van der Waals surface area contributed by atoms with Crippen molar-refractivity contribution in [3.05, 3.63) is 33.7 Å². The number of rotatable bonds is 5. The third kappa shape index (κ3) is 3.47. The van der Waals surface area contributed by atoms with Crippen LogP contribution in [0.1, 0.15) is 65.0 Å². The summed E-state index contributed by atoms with van der Waals surface area (Å²) in [6, 6.07) is 4.75. The van der Waals surface area contributed by atoms with Gasteiger partial charge in [-0.15, -0.1) is 0 Å². The van der Waals surface area contributed by atoms with E-state index in [9.17, 15) is 4.79 Å². The molecule has 3 aliphatic rings. The van der Waals surface area contributed by atoms with E-state index in [1.807, 2.05) is 41.7 Å². The quantitative estimate of drug-likeness (QED) is 0.345. The van der Waals surface area contributed by atoms with E-state index in [1.54, 1.807) is 4.57 Å². The molecule has 3 aliphatic heterocycles. The Kier molecular flexibility index (Phi) is 5.78. The van der Waals surface area contributed by atoms with Crippen LogP contribution in [0.25, 0.3) is 33.2 Å². The van der Waals surface area contributed by atoms with Crippen molar-refractivity contribution in [2.45, 2.75) is 83.6 Å². The molecule has 9 nitrogen and oxygen atoms in total. The first-order chi connectivity index (χ1) is 18.5. The van der Waals surface area contributed by atoms with Gasteiger partial charge in [0, 0.05) is 49.4 Å². The van der Waals surface area contributed by atoms with E-state index in [0.29, 0.717) is 51.9 Å². The molecule has 200 valence electrons. The molecule has 0 radical (unpaired) electrons. The summed E-state index contributed by atoms with van der Waals surface area (Å²) in [5.74, 6) is 1.40. The van der Waals surface area contributed by atoms with Crippen LogP contribution >= 0.6 is 11.6 Å². The first kappa shape index (κ1) is 24.2. The van der Waals surface area contributed by atoms with Gasteiger partial charge in [0.05, 0.1) is 10.5 Å². The highest BCUT2D eigenvalue weighted by Crippen LogP contribution is 2.45. The lowest BCUT2D eigenvalue weighted by Gasteiger charge is -2.27. The molecule has 7 rings (SSSR count). The van der Waals surface area contributed by atoms with Crippen molar-refractivity contribution in [1.82, 2.24) is 29.1 Å². The van der Waals surface area contributed by atoms with Crippen molar-refractivity contribution < 1.29 is 4.74 Å². The maximum Gasteiger partial charge on any atom is 0.266 e. The first-order valence-corrected chi connectivity index (χ1v) is 14.4. The minimum Gasteiger partial charge on any atom is -0.356 e. The monoisotopic (exact) mass is 535 g/mol. The zero-order valence-corrected chi connectivity index (χ0v) is 23.0. The number of halogens is 1. The van der Waals surface area contributed by atoms with Crippen molar-refractivity contribution >= 4 is 39.5 Å². The highest BCUT2D eigenvalue weighted by atomic mass is 35.5. The predicted octanol–water partition coefficient (Wildman–Crippen LogP) is 5.29. The van der Waals surface area contributed by atoms with Gasteiger partial charge in [-0.3, -0.25) is 14.0 Å². The average Bonchev–Trinajstić information content (AvgIpc) is 3.72. The summed E-state index contributed by atoms with van der Waals surface area (Å²) in [6.07, 6.45) is 9.27. The van der Waals surface area contributed by atoms with Gasteiger partial charge in [0.2, 0.25) is 5.95 Å². The number of fused-ring (bicyclic) bond motifs is 4.